The number of benzene rings is 12. The van der Waals surface area contributed by atoms with Crippen molar-refractivity contribution in [2.75, 3.05) is 9.80 Å². The number of para-hydroxylation sites is 2. The normalized spacial score (nSPS) is 11.2. The Morgan fingerprint density at radius 1 is 0.191 bits per heavy atom. The number of anilines is 6. The average Bonchev–Trinajstić information content (AvgIpc) is 3.42. The molecule has 68 heavy (non-hydrogen) atoms. The predicted octanol–water partition coefficient (Wildman–Crippen LogP) is 18.8. The number of rotatable bonds is 10. The summed E-state index contributed by atoms with van der Waals surface area (Å²) in [4.78, 5) is 4.86. The molecule has 12 rings (SSSR count). The molecule has 0 aromatic heterocycles. The Bertz CT molecular complexity index is 3690. The standard InChI is InChI=1S/C66H46N2/c1-5-19-47(20-6-1)53-43-54-44-63(50-21-7-2-8-22-50)66(68(56-29-11-4-12-30-56)58-41-37-52(38-42-58)62-34-18-26-49-24-14-16-32-60(49)62)46-64(54)65(45-53)67(55-27-9-3-10-28-55)57-39-35-51(36-40-57)61-33-17-25-48-23-13-15-31-59(48)61/h1-46H. The van der Waals surface area contributed by atoms with E-state index in [2.05, 4.69) is 289 Å². The molecule has 0 radical (unpaired) electrons. The van der Waals surface area contributed by atoms with E-state index in [0.717, 1.165) is 67.2 Å². The van der Waals surface area contributed by atoms with Gasteiger partial charge in [-0.25, -0.2) is 0 Å². The largest absolute Gasteiger partial charge is 0.310 e. The third-order valence-corrected chi connectivity index (χ3v) is 13.2. The van der Waals surface area contributed by atoms with Crippen molar-refractivity contribution in [3.05, 3.63) is 279 Å². The Hall–Kier alpha value is -8.98. The van der Waals surface area contributed by atoms with Gasteiger partial charge in [-0.3, -0.25) is 0 Å². The summed E-state index contributed by atoms with van der Waals surface area (Å²) in [7, 11) is 0. The van der Waals surface area contributed by atoms with Gasteiger partial charge in [0.2, 0.25) is 0 Å². The fourth-order valence-electron chi connectivity index (χ4n) is 9.94. The minimum atomic E-state index is 1.07. The molecule has 0 N–H and O–H groups in total. The lowest BCUT2D eigenvalue weighted by atomic mass is 9.93. The molecule has 0 saturated heterocycles. The number of nitrogens with zero attached hydrogens (tertiary/aromatic N) is 2. The van der Waals surface area contributed by atoms with E-state index in [4.69, 9.17) is 0 Å². The maximum atomic E-state index is 2.43. The van der Waals surface area contributed by atoms with Crippen LogP contribution in [0.25, 0.3) is 76.8 Å². The highest BCUT2D eigenvalue weighted by atomic mass is 15.2. The first-order chi connectivity index (χ1) is 33.7. The molecule has 0 amide bonds. The predicted molar refractivity (Wildman–Crippen MR) is 290 cm³/mol. The monoisotopic (exact) mass is 866 g/mol. The Morgan fingerprint density at radius 2 is 0.588 bits per heavy atom. The van der Waals surface area contributed by atoms with Crippen molar-refractivity contribution in [3.63, 3.8) is 0 Å². The molecule has 2 nitrogen and oxygen atoms in total. The molecule has 0 aliphatic carbocycles. The summed E-state index contributed by atoms with van der Waals surface area (Å²) < 4.78 is 0. The summed E-state index contributed by atoms with van der Waals surface area (Å²) in [5.41, 5.74) is 15.9. The van der Waals surface area contributed by atoms with Crippen LogP contribution in [-0.4, -0.2) is 0 Å². The molecule has 0 bridgehead atoms. The van der Waals surface area contributed by atoms with Gasteiger partial charge in [0.1, 0.15) is 0 Å². The highest BCUT2D eigenvalue weighted by molar-refractivity contribution is 6.08. The van der Waals surface area contributed by atoms with Crippen LogP contribution in [0.2, 0.25) is 0 Å². The summed E-state index contributed by atoms with van der Waals surface area (Å²) in [5.74, 6) is 0. The number of hydrogen-bond donors (Lipinski definition) is 0. The third-order valence-electron chi connectivity index (χ3n) is 13.2. The summed E-state index contributed by atoms with van der Waals surface area (Å²) in [6.45, 7) is 0. The average molecular weight is 867 g/mol. The molecule has 0 atom stereocenters. The quantitative estimate of drug-likeness (QED) is 0.135. The second-order valence-corrected chi connectivity index (χ2v) is 17.3. The second-order valence-electron chi connectivity index (χ2n) is 17.3. The van der Waals surface area contributed by atoms with E-state index in [9.17, 15) is 0 Å². The summed E-state index contributed by atoms with van der Waals surface area (Å²) in [6, 6.07) is 101. The second kappa shape index (κ2) is 17.8. The fraction of sp³-hybridized carbons (Fsp3) is 0. The number of hydrogen-bond acceptors (Lipinski definition) is 2. The smallest absolute Gasteiger partial charge is 0.0547 e. The first-order valence-electron chi connectivity index (χ1n) is 23.3. The van der Waals surface area contributed by atoms with Crippen LogP contribution in [0.5, 0.6) is 0 Å². The van der Waals surface area contributed by atoms with E-state index in [1.54, 1.807) is 0 Å². The van der Waals surface area contributed by atoms with Crippen molar-refractivity contribution in [2.24, 2.45) is 0 Å². The van der Waals surface area contributed by atoms with Gasteiger partial charge in [-0.2, -0.15) is 0 Å². The van der Waals surface area contributed by atoms with Crippen LogP contribution in [0.4, 0.5) is 34.1 Å². The lowest BCUT2D eigenvalue weighted by Crippen LogP contribution is -2.13. The van der Waals surface area contributed by atoms with Gasteiger partial charge in [0.25, 0.3) is 0 Å². The van der Waals surface area contributed by atoms with Crippen molar-refractivity contribution < 1.29 is 0 Å². The van der Waals surface area contributed by atoms with E-state index < -0.39 is 0 Å². The molecule has 2 heteroatoms. The SMILES string of the molecule is c1ccc(-c2cc(N(c3ccccc3)c3ccc(-c4cccc5ccccc45)cc3)c3cc(N(c4ccccc4)c4ccc(-c5cccc6ccccc56)cc4)c(-c4ccccc4)cc3c2)cc1. The summed E-state index contributed by atoms with van der Waals surface area (Å²) >= 11 is 0. The highest BCUT2D eigenvalue weighted by Gasteiger charge is 2.23. The van der Waals surface area contributed by atoms with E-state index in [1.165, 1.54) is 43.8 Å². The Morgan fingerprint density at radius 3 is 1.10 bits per heavy atom. The maximum Gasteiger partial charge on any atom is 0.0547 e. The van der Waals surface area contributed by atoms with Crippen LogP contribution >= 0.6 is 0 Å². The van der Waals surface area contributed by atoms with E-state index in [0.29, 0.717) is 0 Å². The first-order valence-corrected chi connectivity index (χ1v) is 23.3. The zero-order chi connectivity index (χ0) is 45.2. The minimum Gasteiger partial charge on any atom is -0.310 e. The van der Waals surface area contributed by atoms with Gasteiger partial charge in [-0.05, 0) is 139 Å². The van der Waals surface area contributed by atoms with Gasteiger partial charge in [-0.15, -0.1) is 0 Å². The van der Waals surface area contributed by atoms with Crippen molar-refractivity contribution in [1.82, 2.24) is 0 Å². The van der Waals surface area contributed by atoms with E-state index in [-0.39, 0.29) is 0 Å². The molecule has 320 valence electrons. The van der Waals surface area contributed by atoms with Gasteiger partial charge in [0.05, 0.1) is 11.4 Å². The Labute approximate surface area is 397 Å². The zero-order valence-electron chi connectivity index (χ0n) is 37.5. The lowest BCUT2D eigenvalue weighted by Gasteiger charge is -2.31. The van der Waals surface area contributed by atoms with Crippen LogP contribution in [0.3, 0.4) is 0 Å². The van der Waals surface area contributed by atoms with Crippen molar-refractivity contribution >= 4 is 66.4 Å². The molecule has 12 aromatic rings. The first kappa shape index (κ1) is 40.5. The summed E-state index contributed by atoms with van der Waals surface area (Å²) in [6.07, 6.45) is 0. The Balaban J connectivity index is 1.10. The van der Waals surface area contributed by atoms with Crippen LogP contribution in [0.15, 0.2) is 279 Å². The zero-order valence-corrected chi connectivity index (χ0v) is 37.5. The van der Waals surface area contributed by atoms with Gasteiger partial charge in [0, 0.05) is 33.7 Å². The van der Waals surface area contributed by atoms with Crippen molar-refractivity contribution in [1.29, 1.82) is 0 Å². The molecule has 0 aliphatic heterocycles. The maximum absolute atomic E-state index is 2.43. The number of fused-ring (bicyclic) bond motifs is 3. The van der Waals surface area contributed by atoms with Gasteiger partial charge < -0.3 is 9.80 Å². The van der Waals surface area contributed by atoms with Crippen molar-refractivity contribution in [3.8, 4) is 44.5 Å². The molecule has 0 aliphatic rings. The topological polar surface area (TPSA) is 6.48 Å². The summed E-state index contributed by atoms with van der Waals surface area (Å²) in [5, 5.41) is 7.25. The lowest BCUT2D eigenvalue weighted by molar-refractivity contribution is 1.28. The van der Waals surface area contributed by atoms with Crippen LogP contribution in [0, 0.1) is 0 Å². The Kier molecular flexibility index (Phi) is 10.6. The fourth-order valence-corrected chi connectivity index (χ4v) is 9.94. The van der Waals surface area contributed by atoms with Crippen molar-refractivity contribution in [2.45, 2.75) is 0 Å². The third kappa shape index (κ3) is 7.64. The molecular weight excluding hydrogens is 821 g/mol. The van der Waals surface area contributed by atoms with Gasteiger partial charge in [-0.1, -0.05) is 206 Å². The van der Waals surface area contributed by atoms with Gasteiger partial charge >= 0.3 is 0 Å². The molecule has 0 unspecified atom stereocenters. The van der Waals surface area contributed by atoms with E-state index in [1.807, 2.05) is 0 Å². The van der Waals surface area contributed by atoms with Gasteiger partial charge in [0.15, 0.2) is 0 Å². The van der Waals surface area contributed by atoms with Crippen LogP contribution in [-0.2, 0) is 0 Å². The molecule has 0 spiro atoms. The van der Waals surface area contributed by atoms with Crippen LogP contribution in [0.1, 0.15) is 0 Å². The molecule has 0 saturated carbocycles. The highest BCUT2D eigenvalue weighted by Crippen LogP contribution is 2.48. The minimum absolute atomic E-state index is 1.07. The molecule has 0 fully saturated rings. The van der Waals surface area contributed by atoms with Crippen LogP contribution < -0.4 is 9.80 Å². The van der Waals surface area contributed by atoms with E-state index >= 15 is 0 Å². The molecular formula is C66H46N2. The molecule has 12 aromatic carbocycles. The molecule has 0 heterocycles.